The highest BCUT2D eigenvalue weighted by atomic mass is 32.2. The summed E-state index contributed by atoms with van der Waals surface area (Å²) in [5.74, 6) is 0.0274. The second-order valence-electron chi connectivity index (χ2n) is 4.75. The second-order valence-corrected chi connectivity index (χ2v) is 6.49. The van der Waals surface area contributed by atoms with Crippen molar-refractivity contribution in [2.45, 2.75) is 39.2 Å². The average Bonchev–Trinajstić information content (AvgIpc) is 2.28. The Kier molecular flexibility index (Phi) is 3.55. The third-order valence-corrected chi connectivity index (χ3v) is 3.81. The fourth-order valence-corrected chi connectivity index (χ4v) is 2.48. The molecular weight excluding hydrogens is 200 g/mol. The molecule has 0 radical (unpaired) electrons. The second kappa shape index (κ2) is 4.16. The molecule has 84 valence electrons. The number of primary sulfonamides is 1. The van der Waals surface area contributed by atoms with Crippen molar-refractivity contribution in [2.24, 2.45) is 10.6 Å². The van der Waals surface area contributed by atoms with Crippen LogP contribution in [0.25, 0.3) is 0 Å². The molecule has 1 rings (SSSR count). The van der Waals surface area contributed by atoms with Crippen LogP contribution in [-0.2, 0) is 10.0 Å². The van der Waals surface area contributed by atoms with Crippen molar-refractivity contribution in [2.75, 3.05) is 12.3 Å². The van der Waals surface area contributed by atoms with Gasteiger partial charge in [0.25, 0.3) is 0 Å². The van der Waals surface area contributed by atoms with Crippen LogP contribution in [0, 0.1) is 5.41 Å². The first kappa shape index (κ1) is 11.9. The van der Waals surface area contributed by atoms with Gasteiger partial charge in [-0.25, -0.2) is 13.6 Å². The molecule has 1 atom stereocenters. The van der Waals surface area contributed by atoms with Crippen LogP contribution < -0.4 is 10.5 Å². The van der Waals surface area contributed by atoms with Crippen LogP contribution in [0.4, 0.5) is 0 Å². The number of rotatable bonds is 4. The Balaban J connectivity index is 2.32. The van der Waals surface area contributed by atoms with Gasteiger partial charge in [-0.05, 0) is 18.3 Å². The molecule has 1 aliphatic carbocycles. The van der Waals surface area contributed by atoms with Crippen molar-refractivity contribution in [1.82, 2.24) is 5.32 Å². The number of hydrogen-bond donors (Lipinski definition) is 2. The minimum absolute atomic E-state index is 0.0274. The first-order valence-corrected chi connectivity index (χ1v) is 6.77. The van der Waals surface area contributed by atoms with Crippen molar-refractivity contribution in [3.05, 3.63) is 0 Å². The number of sulfonamides is 1. The monoisotopic (exact) mass is 220 g/mol. The van der Waals surface area contributed by atoms with Gasteiger partial charge >= 0.3 is 0 Å². The maximum Gasteiger partial charge on any atom is 0.210 e. The van der Waals surface area contributed by atoms with Crippen molar-refractivity contribution in [3.63, 3.8) is 0 Å². The molecule has 1 fully saturated rings. The zero-order valence-electron chi connectivity index (χ0n) is 8.91. The normalized spacial score (nSPS) is 26.6. The van der Waals surface area contributed by atoms with E-state index in [0.717, 1.165) is 6.42 Å². The van der Waals surface area contributed by atoms with Crippen molar-refractivity contribution < 1.29 is 8.42 Å². The Bertz CT molecular complexity index is 285. The predicted octanol–water partition coefficient (Wildman–Crippen LogP) is 0.443. The molecule has 0 spiro atoms. The fraction of sp³-hybridized carbons (Fsp3) is 1.00. The minimum Gasteiger partial charge on any atom is -0.312 e. The lowest BCUT2D eigenvalue weighted by Crippen LogP contribution is -2.40. The van der Waals surface area contributed by atoms with Crippen LogP contribution in [0.1, 0.15) is 33.1 Å². The van der Waals surface area contributed by atoms with Crippen molar-refractivity contribution in [1.29, 1.82) is 0 Å². The van der Waals surface area contributed by atoms with Crippen LogP contribution >= 0.6 is 0 Å². The summed E-state index contributed by atoms with van der Waals surface area (Å²) in [6.45, 7) is 4.90. The first-order valence-electron chi connectivity index (χ1n) is 5.05. The lowest BCUT2D eigenvalue weighted by molar-refractivity contribution is 0.288. The van der Waals surface area contributed by atoms with Gasteiger partial charge in [0.2, 0.25) is 10.0 Å². The molecule has 0 aromatic heterocycles. The third-order valence-electron chi connectivity index (χ3n) is 3.03. The number of nitrogens with two attached hydrogens (primary N) is 1. The molecule has 1 saturated carbocycles. The average molecular weight is 220 g/mol. The highest BCUT2D eigenvalue weighted by Crippen LogP contribution is 2.36. The smallest absolute Gasteiger partial charge is 0.210 e. The lowest BCUT2D eigenvalue weighted by atomic mass is 9.87. The predicted molar refractivity (Wildman–Crippen MR) is 57.4 cm³/mol. The summed E-state index contributed by atoms with van der Waals surface area (Å²) in [4.78, 5) is 0. The van der Waals surface area contributed by atoms with Crippen molar-refractivity contribution >= 4 is 10.0 Å². The highest BCUT2D eigenvalue weighted by molar-refractivity contribution is 7.89. The van der Waals surface area contributed by atoms with Gasteiger partial charge in [0.05, 0.1) is 5.75 Å². The molecule has 4 nitrogen and oxygen atoms in total. The molecule has 0 saturated heterocycles. The standard InChI is InChI=1S/C9H20N2O2S/c1-9(2)5-3-4-8(9)11-6-7-14(10,12)13/h8,11H,3-7H2,1-2H3,(H2,10,12,13). The van der Waals surface area contributed by atoms with Gasteiger partial charge in [-0.3, -0.25) is 0 Å². The van der Waals surface area contributed by atoms with Crippen LogP contribution in [0.2, 0.25) is 0 Å². The van der Waals surface area contributed by atoms with E-state index in [4.69, 9.17) is 5.14 Å². The maximum atomic E-state index is 10.7. The van der Waals surface area contributed by atoms with Crippen molar-refractivity contribution in [3.8, 4) is 0 Å². The molecule has 0 aromatic carbocycles. The lowest BCUT2D eigenvalue weighted by Gasteiger charge is -2.27. The van der Waals surface area contributed by atoms with Gasteiger partial charge in [-0.15, -0.1) is 0 Å². The molecule has 3 N–H and O–H groups in total. The molecule has 1 aliphatic rings. The van der Waals surface area contributed by atoms with E-state index in [2.05, 4.69) is 19.2 Å². The molecule has 5 heteroatoms. The van der Waals surface area contributed by atoms with Crippen LogP contribution in [-0.4, -0.2) is 26.8 Å². The summed E-state index contributed by atoms with van der Waals surface area (Å²) in [6.07, 6.45) is 3.57. The van der Waals surface area contributed by atoms with E-state index in [9.17, 15) is 8.42 Å². The van der Waals surface area contributed by atoms with Gasteiger partial charge in [0, 0.05) is 12.6 Å². The molecule has 14 heavy (non-hydrogen) atoms. The molecule has 0 amide bonds. The highest BCUT2D eigenvalue weighted by Gasteiger charge is 2.33. The quantitative estimate of drug-likeness (QED) is 0.722. The molecular formula is C9H20N2O2S. The fourth-order valence-electron chi connectivity index (χ4n) is 2.08. The van der Waals surface area contributed by atoms with Gasteiger partial charge < -0.3 is 5.32 Å². The summed E-state index contributed by atoms with van der Waals surface area (Å²) in [6, 6.07) is 0.434. The van der Waals surface area contributed by atoms with Gasteiger partial charge in [-0.2, -0.15) is 0 Å². The van der Waals surface area contributed by atoms with E-state index in [1.807, 2.05) is 0 Å². The summed E-state index contributed by atoms with van der Waals surface area (Å²) < 4.78 is 21.4. The summed E-state index contributed by atoms with van der Waals surface area (Å²) in [5, 5.41) is 8.19. The van der Waals surface area contributed by atoms with Crippen LogP contribution in [0.5, 0.6) is 0 Å². The van der Waals surface area contributed by atoms with E-state index in [1.165, 1.54) is 12.8 Å². The van der Waals surface area contributed by atoms with E-state index in [-0.39, 0.29) is 5.75 Å². The van der Waals surface area contributed by atoms with Gasteiger partial charge in [0.1, 0.15) is 0 Å². The van der Waals surface area contributed by atoms with Gasteiger partial charge in [-0.1, -0.05) is 20.3 Å². The Labute approximate surface area is 86.3 Å². The van der Waals surface area contributed by atoms with E-state index in [0.29, 0.717) is 18.0 Å². The Morgan fingerprint density at radius 2 is 2.14 bits per heavy atom. The van der Waals surface area contributed by atoms with Crippen LogP contribution in [0.15, 0.2) is 0 Å². The Morgan fingerprint density at radius 3 is 2.57 bits per heavy atom. The van der Waals surface area contributed by atoms with Gasteiger partial charge in [0.15, 0.2) is 0 Å². The number of nitrogens with one attached hydrogen (secondary N) is 1. The zero-order chi connectivity index (χ0) is 10.8. The third kappa shape index (κ3) is 3.55. The Morgan fingerprint density at radius 1 is 1.50 bits per heavy atom. The van der Waals surface area contributed by atoms with E-state index >= 15 is 0 Å². The summed E-state index contributed by atoms with van der Waals surface area (Å²) >= 11 is 0. The summed E-state index contributed by atoms with van der Waals surface area (Å²) in [7, 11) is -3.32. The SMILES string of the molecule is CC1(C)CCCC1NCCS(N)(=O)=O. The molecule has 0 bridgehead atoms. The largest absolute Gasteiger partial charge is 0.312 e. The number of hydrogen-bond acceptors (Lipinski definition) is 3. The first-order chi connectivity index (χ1) is 6.31. The molecule has 0 heterocycles. The van der Waals surface area contributed by atoms with Crippen LogP contribution in [0.3, 0.4) is 0 Å². The topological polar surface area (TPSA) is 72.2 Å². The Hall–Kier alpha value is -0.130. The molecule has 1 unspecified atom stereocenters. The van der Waals surface area contributed by atoms with E-state index < -0.39 is 10.0 Å². The zero-order valence-corrected chi connectivity index (χ0v) is 9.73. The molecule has 0 aliphatic heterocycles. The molecule has 0 aromatic rings. The summed E-state index contributed by atoms with van der Waals surface area (Å²) in [5.41, 5.74) is 0.290. The maximum absolute atomic E-state index is 10.7. The van der Waals surface area contributed by atoms with E-state index in [1.54, 1.807) is 0 Å². The minimum atomic E-state index is -3.32.